The highest BCUT2D eigenvalue weighted by Gasteiger charge is 2.11. The van der Waals surface area contributed by atoms with Gasteiger partial charge < -0.3 is 0 Å². The van der Waals surface area contributed by atoms with Gasteiger partial charge in [0.05, 0.1) is 0 Å². The molecular formula is C9H9BrF2. The second-order valence-corrected chi connectivity index (χ2v) is 3.20. The Hall–Kier alpha value is -0.440. The van der Waals surface area contributed by atoms with Gasteiger partial charge in [0.2, 0.25) is 0 Å². The van der Waals surface area contributed by atoms with E-state index in [4.69, 9.17) is 0 Å². The monoisotopic (exact) mass is 234 g/mol. The SMILES string of the molecule is Cc1ccc(C(F)F)c(CBr)c1. The van der Waals surface area contributed by atoms with Crippen LogP contribution in [0.15, 0.2) is 18.2 Å². The molecule has 66 valence electrons. The Morgan fingerprint density at radius 1 is 1.42 bits per heavy atom. The molecule has 0 nitrogen and oxygen atoms in total. The standard InChI is InChI=1S/C9H9BrF2/c1-6-2-3-8(9(11)12)7(4-6)5-10/h2-4,9H,5H2,1H3. The van der Waals surface area contributed by atoms with Gasteiger partial charge in [-0.05, 0) is 12.5 Å². The number of hydrogen-bond acceptors (Lipinski definition) is 0. The van der Waals surface area contributed by atoms with Gasteiger partial charge in [0.15, 0.2) is 0 Å². The van der Waals surface area contributed by atoms with E-state index >= 15 is 0 Å². The molecular weight excluding hydrogens is 226 g/mol. The number of alkyl halides is 3. The van der Waals surface area contributed by atoms with E-state index in [0.717, 1.165) is 5.56 Å². The number of halogens is 3. The van der Waals surface area contributed by atoms with Gasteiger partial charge in [0.1, 0.15) is 0 Å². The average molecular weight is 235 g/mol. The van der Waals surface area contributed by atoms with Crippen molar-refractivity contribution in [1.82, 2.24) is 0 Å². The number of aryl methyl sites for hydroxylation is 1. The van der Waals surface area contributed by atoms with E-state index in [0.29, 0.717) is 10.9 Å². The third-order valence-corrected chi connectivity index (χ3v) is 2.28. The molecule has 0 aromatic heterocycles. The van der Waals surface area contributed by atoms with Gasteiger partial charge in [-0.1, -0.05) is 39.7 Å². The molecule has 0 unspecified atom stereocenters. The second kappa shape index (κ2) is 3.99. The predicted octanol–water partition coefficient (Wildman–Crippen LogP) is 3.83. The van der Waals surface area contributed by atoms with Crippen LogP contribution in [-0.4, -0.2) is 0 Å². The zero-order chi connectivity index (χ0) is 9.14. The first-order chi connectivity index (χ1) is 5.65. The Morgan fingerprint density at radius 2 is 2.08 bits per heavy atom. The first-order valence-electron chi connectivity index (χ1n) is 3.58. The fraction of sp³-hybridized carbons (Fsp3) is 0.333. The molecule has 0 aliphatic carbocycles. The van der Waals surface area contributed by atoms with E-state index in [1.165, 1.54) is 6.07 Å². The van der Waals surface area contributed by atoms with Crippen molar-refractivity contribution in [3.63, 3.8) is 0 Å². The zero-order valence-corrected chi connectivity index (χ0v) is 8.24. The topological polar surface area (TPSA) is 0 Å². The maximum atomic E-state index is 12.3. The van der Waals surface area contributed by atoms with Crippen molar-refractivity contribution in [2.75, 3.05) is 0 Å². The molecule has 1 rings (SSSR count). The van der Waals surface area contributed by atoms with Crippen LogP contribution in [0.4, 0.5) is 8.78 Å². The van der Waals surface area contributed by atoms with Crippen LogP contribution in [0.5, 0.6) is 0 Å². The molecule has 0 fully saturated rings. The lowest BCUT2D eigenvalue weighted by molar-refractivity contribution is 0.150. The Bertz CT molecular complexity index is 271. The molecule has 0 atom stereocenters. The van der Waals surface area contributed by atoms with E-state index in [2.05, 4.69) is 15.9 Å². The molecule has 0 amide bonds. The first kappa shape index (κ1) is 9.65. The van der Waals surface area contributed by atoms with Gasteiger partial charge in [-0.2, -0.15) is 0 Å². The Balaban J connectivity index is 3.11. The molecule has 12 heavy (non-hydrogen) atoms. The van der Waals surface area contributed by atoms with Crippen molar-refractivity contribution in [3.05, 3.63) is 34.9 Å². The average Bonchev–Trinajstić information content (AvgIpc) is 2.03. The minimum absolute atomic E-state index is 0.123. The Kier molecular flexibility index (Phi) is 3.20. The van der Waals surface area contributed by atoms with Crippen LogP contribution in [-0.2, 0) is 5.33 Å². The van der Waals surface area contributed by atoms with Crippen molar-refractivity contribution in [3.8, 4) is 0 Å². The maximum absolute atomic E-state index is 12.3. The minimum Gasteiger partial charge on any atom is -0.205 e. The van der Waals surface area contributed by atoms with Crippen molar-refractivity contribution in [2.24, 2.45) is 0 Å². The van der Waals surface area contributed by atoms with Crippen LogP contribution >= 0.6 is 15.9 Å². The summed E-state index contributed by atoms with van der Waals surface area (Å²) in [5.74, 6) is 0. The van der Waals surface area contributed by atoms with Crippen LogP contribution in [0.25, 0.3) is 0 Å². The van der Waals surface area contributed by atoms with Crippen LogP contribution in [0.2, 0.25) is 0 Å². The van der Waals surface area contributed by atoms with Gasteiger partial charge in [-0.25, -0.2) is 8.78 Å². The zero-order valence-electron chi connectivity index (χ0n) is 6.65. The summed E-state index contributed by atoms with van der Waals surface area (Å²) in [5.41, 5.74) is 1.80. The lowest BCUT2D eigenvalue weighted by Crippen LogP contribution is -1.92. The quantitative estimate of drug-likeness (QED) is 0.683. The summed E-state index contributed by atoms with van der Waals surface area (Å²) in [5, 5.41) is 0.481. The first-order valence-corrected chi connectivity index (χ1v) is 4.71. The Labute approximate surface area is 78.7 Å². The molecule has 0 aliphatic heterocycles. The molecule has 0 bridgehead atoms. The number of rotatable bonds is 2. The highest BCUT2D eigenvalue weighted by molar-refractivity contribution is 9.08. The van der Waals surface area contributed by atoms with E-state index < -0.39 is 6.43 Å². The largest absolute Gasteiger partial charge is 0.264 e. The fourth-order valence-electron chi connectivity index (χ4n) is 1.06. The summed E-state index contributed by atoms with van der Waals surface area (Å²) in [6.07, 6.45) is -2.38. The fourth-order valence-corrected chi connectivity index (χ4v) is 1.55. The molecule has 0 N–H and O–H groups in total. The van der Waals surface area contributed by atoms with Gasteiger partial charge in [0, 0.05) is 10.9 Å². The molecule has 0 radical (unpaired) electrons. The molecule has 3 heteroatoms. The van der Waals surface area contributed by atoms with Crippen molar-refractivity contribution >= 4 is 15.9 Å². The summed E-state index contributed by atoms with van der Waals surface area (Å²) in [7, 11) is 0. The summed E-state index contributed by atoms with van der Waals surface area (Å²) in [4.78, 5) is 0. The third-order valence-electron chi connectivity index (χ3n) is 1.68. The number of benzene rings is 1. The lowest BCUT2D eigenvalue weighted by Gasteiger charge is -2.06. The van der Waals surface area contributed by atoms with Gasteiger partial charge in [-0.3, -0.25) is 0 Å². The Morgan fingerprint density at radius 3 is 2.58 bits per heavy atom. The molecule has 0 aliphatic rings. The van der Waals surface area contributed by atoms with Crippen molar-refractivity contribution in [2.45, 2.75) is 18.7 Å². The normalized spacial score (nSPS) is 10.8. The van der Waals surface area contributed by atoms with Crippen molar-refractivity contribution < 1.29 is 8.78 Å². The van der Waals surface area contributed by atoms with Crippen LogP contribution in [0, 0.1) is 6.92 Å². The highest BCUT2D eigenvalue weighted by Crippen LogP contribution is 2.25. The third kappa shape index (κ3) is 2.03. The molecule has 0 spiro atoms. The lowest BCUT2D eigenvalue weighted by atomic mass is 10.1. The smallest absolute Gasteiger partial charge is 0.205 e. The van der Waals surface area contributed by atoms with Crippen LogP contribution in [0.3, 0.4) is 0 Å². The van der Waals surface area contributed by atoms with Crippen molar-refractivity contribution in [1.29, 1.82) is 0 Å². The highest BCUT2D eigenvalue weighted by atomic mass is 79.9. The molecule has 1 aromatic rings. The van der Waals surface area contributed by atoms with Gasteiger partial charge in [0.25, 0.3) is 6.43 Å². The summed E-state index contributed by atoms with van der Waals surface area (Å²) >= 11 is 3.18. The molecule has 1 aromatic carbocycles. The minimum atomic E-state index is -2.38. The summed E-state index contributed by atoms with van der Waals surface area (Å²) < 4.78 is 24.7. The van der Waals surface area contributed by atoms with E-state index in [-0.39, 0.29) is 5.56 Å². The van der Waals surface area contributed by atoms with E-state index in [9.17, 15) is 8.78 Å². The molecule has 0 saturated carbocycles. The van der Waals surface area contributed by atoms with Gasteiger partial charge >= 0.3 is 0 Å². The second-order valence-electron chi connectivity index (χ2n) is 2.64. The summed E-state index contributed by atoms with van der Waals surface area (Å²) in [6.45, 7) is 1.89. The predicted molar refractivity (Wildman–Crippen MR) is 48.8 cm³/mol. The molecule has 0 saturated heterocycles. The maximum Gasteiger partial charge on any atom is 0.264 e. The van der Waals surface area contributed by atoms with E-state index in [1.54, 1.807) is 12.1 Å². The molecule has 0 heterocycles. The van der Waals surface area contributed by atoms with Gasteiger partial charge in [-0.15, -0.1) is 0 Å². The van der Waals surface area contributed by atoms with E-state index in [1.807, 2.05) is 6.92 Å². The summed E-state index contributed by atoms with van der Waals surface area (Å²) in [6, 6.07) is 4.96. The van der Waals surface area contributed by atoms with Crippen LogP contribution in [0.1, 0.15) is 23.1 Å². The number of hydrogen-bond donors (Lipinski definition) is 0. The van der Waals surface area contributed by atoms with Crippen LogP contribution < -0.4 is 0 Å².